The lowest BCUT2D eigenvalue weighted by Crippen LogP contribution is -2.38. The zero-order valence-corrected chi connectivity index (χ0v) is 15.6. The summed E-state index contributed by atoms with van der Waals surface area (Å²) >= 11 is 2.01. The van der Waals surface area contributed by atoms with Gasteiger partial charge in [-0.2, -0.15) is 17.0 Å². The van der Waals surface area contributed by atoms with Crippen molar-refractivity contribution in [3.63, 3.8) is 0 Å². The van der Waals surface area contributed by atoms with Crippen LogP contribution in [0.15, 0.2) is 0 Å². The van der Waals surface area contributed by atoms with Crippen LogP contribution in [0.25, 0.3) is 0 Å². The van der Waals surface area contributed by atoms with Crippen LogP contribution in [0.2, 0.25) is 0 Å². The molecule has 2 aliphatic heterocycles. The predicted molar refractivity (Wildman–Crippen MR) is 96.9 cm³/mol. The molecule has 1 N–H and O–H groups in total. The number of nitrogens with zero attached hydrogens (tertiary/aromatic N) is 2. The van der Waals surface area contributed by atoms with E-state index >= 15 is 0 Å². The summed E-state index contributed by atoms with van der Waals surface area (Å²) in [6, 6.07) is 2.54. The fourth-order valence-corrected chi connectivity index (χ4v) is 4.91. The van der Waals surface area contributed by atoms with Gasteiger partial charge in [0, 0.05) is 22.0 Å². The third-order valence-corrected chi connectivity index (χ3v) is 6.41. The molecule has 1 fully saturated rings. The van der Waals surface area contributed by atoms with Crippen LogP contribution in [0.4, 0.5) is 5.82 Å². The van der Waals surface area contributed by atoms with Gasteiger partial charge in [0.1, 0.15) is 17.3 Å². The van der Waals surface area contributed by atoms with E-state index in [2.05, 4.69) is 43.6 Å². The summed E-state index contributed by atoms with van der Waals surface area (Å²) < 4.78 is 0.216. The van der Waals surface area contributed by atoms with Crippen molar-refractivity contribution in [2.45, 2.75) is 69.8 Å². The second-order valence-corrected chi connectivity index (χ2v) is 9.44. The summed E-state index contributed by atoms with van der Waals surface area (Å²) in [5.41, 5.74) is 4.93. The number of aromatic amines is 1. The Morgan fingerprint density at radius 2 is 1.87 bits per heavy atom. The van der Waals surface area contributed by atoms with Gasteiger partial charge in [-0.1, -0.05) is 27.7 Å². The maximum absolute atomic E-state index is 9.90. The van der Waals surface area contributed by atoms with E-state index in [9.17, 15) is 5.26 Å². The lowest BCUT2D eigenvalue weighted by atomic mass is 9.89. The van der Waals surface area contributed by atoms with Crippen LogP contribution in [0.5, 0.6) is 0 Å². The van der Waals surface area contributed by atoms with Crippen LogP contribution >= 0.6 is 11.8 Å². The Morgan fingerprint density at radius 3 is 2.48 bits per heavy atom. The molecule has 2 aliphatic rings. The molecule has 0 unspecified atom stereocenters. The number of pyridine rings is 1. The van der Waals surface area contributed by atoms with E-state index < -0.39 is 0 Å². The molecule has 0 aromatic carbocycles. The summed E-state index contributed by atoms with van der Waals surface area (Å²) in [7, 11) is 0. The highest BCUT2D eigenvalue weighted by atomic mass is 32.2. The molecule has 3 rings (SSSR count). The Morgan fingerprint density at radius 1 is 1.17 bits per heavy atom. The van der Waals surface area contributed by atoms with Crippen LogP contribution in [0.3, 0.4) is 0 Å². The second-order valence-electron chi connectivity index (χ2n) is 7.76. The maximum Gasteiger partial charge on any atom is 0.293 e. The van der Waals surface area contributed by atoms with Gasteiger partial charge >= 0.3 is 0 Å². The number of anilines is 1. The van der Waals surface area contributed by atoms with Gasteiger partial charge in [-0.3, -0.25) is 4.90 Å². The van der Waals surface area contributed by atoms with E-state index in [1.54, 1.807) is 0 Å². The number of hydrogen-bond acceptors (Lipinski definition) is 3. The first-order valence-corrected chi connectivity index (χ1v) is 9.81. The first kappa shape index (κ1) is 16.6. The number of thioether (sulfide) groups is 1. The smallest absolute Gasteiger partial charge is 0.261 e. The maximum atomic E-state index is 9.90. The molecule has 4 heteroatoms. The number of hydrogen-bond donors (Lipinski definition) is 0. The Labute approximate surface area is 144 Å². The first-order valence-electron chi connectivity index (χ1n) is 8.83. The molecule has 0 bridgehead atoms. The van der Waals surface area contributed by atoms with Crippen molar-refractivity contribution in [2.24, 2.45) is 0 Å². The minimum Gasteiger partial charge on any atom is -0.261 e. The summed E-state index contributed by atoms with van der Waals surface area (Å²) in [6.07, 6.45) is 4.76. The van der Waals surface area contributed by atoms with Crippen molar-refractivity contribution >= 4 is 17.6 Å². The van der Waals surface area contributed by atoms with Gasteiger partial charge in [-0.05, 0) is 31.2 Å². The Kier molecular flexibility index (Phi) is 4.60. The monoisotopic (exact) mass is 330 g/mol. The van der Waals surface area contributed by atoms with Gasteiger partial charge in [0.05, 0.1) is 13.1 Å². The van der Waals surface area contributed by atoms with Crippen molar-refractivity contribution in [3.05, 3.63) is 22.4 Å². The fraction of sp³-hybridized carbons (Fsp3) is 0.684. The lowest BCUT2D eigenvalue weighted by molar-refractivity contribution is -0.380. The Bertz CT molecular complexity index is 637. The molecule has 0 amide bonds. The van der Waals surface area contributed by atoms with E-state index in [0.717, 1.165) is 36.6 Å². The zero-order valence-electron chi connectivity index (χ0n) is 14.8. The highest BCUT2D eigenvalue weighted by molar-refractivity contribution is 7.99. The van der Waals surface area contributed by atoms with E-state index in [0.29, 0.717) is 5.92 Å². The first-order chi connectivity index (χ1) is 10.9. The van der Waals surface area contributed by atoms with Crippen LogP contribution in [-0.4, -0.2) is 17.8 Å². The second kappa shape index (κ2) is 6.36. The Balaban J connectivity index is 2.16. The number of piperidine rings is 1. The van der Waals surface area contributed by atoms with Crippen molar-refractivity contribution in [1.29, 1.82) is 5.26 Å². The standard InChI is InChI=1S/C19H27N3S/c1-13(2)17-16-12-23-19(3,4)10-14(16)15(11-20)18(21-17)22-8-6-5-7-9-22/h13H,5-10,12H2,1-4H3/p+1. The van der Waals surface area contributed by atoms with Crippen LogP contribution < -0.4 is 9.88 Å². The molecule has 3 heterocycles. The third kappa shape index (κ3) is 3.21. The molecule has 3 nitrogen and oxygen atoms in total. The van der Waals surface area contributed by atoms with E-state index in [1.165, 1.54) is 36.1 Å². The molecular weight excluding hydrogens is 302 g/mol. The van der Waals surface area contributed by atoms with E-state index in [4.69, 9.17) is 0 Å². The highest BCUT2D eigenvalue weighted by Crippen LogP contribution is 2.42. The number of fused-ring (bicyclic) bond motifs is 1. The number of H-pyrrole nitrogens is 1. The summed E-state index contributed by atoms with van der Waals surface area (Å²) in [5.74, 6) is 2.56. The van der Waals surface area contributed by atoms with Crippen molar-refractivity contribution in [2.75, 3.05) is 18.0 Å². The average Bonchev–Trinajstić information content (AvgIpc) is 2.53. The molecule has 0 radical (unpaired) electrons. The molecule has 0 saturated carbocycles. The molecule has 1 aromatic rings. The molecule has 0 aliphatic carbocycles. The quantitative estimate of drug-likeness (QED) is 0.821. The summed E-state index contributed by atoms with van der Waals surface area (Å²) in [6.45, 7) is 11.2. The van der Waals surface area contributed by atoms with Crippen LogP contribution in [0.1, 0.15) is 75.3 Å². The lowest BCUT2D eigenvalue weighted by Gasteiger charge is -2.33. The van der Waals surface area contributed by atoms with Gasteiger partial charge < -0.3 is 0 Å². The van der Waals surface area contributed by atoms with Gasteiger partial charge in [0.25, 0.3) is 5.82 Å². The summed E-state index contributed by atoms with van der Waals surface area (Å²) in [4.78, 5) is 6.08. The van der Waals surface area contributed by atoms with Crippen LogP contribution in [-0.2, 0) is 12.2 Å². The van der Waals surface area contributed by atoms with Gasteiger partial charge in [-0.15, -0.1) is 0 Å². The average molecular weight is 331 g/mol. The van der Waals surface area contributed by atoms with Crippen LogP contribution in [0, 0.1) is 11.3 Å². The molecule has 23 heavy (non-hydrogen) atoms. The highest BCUT2D eigenvalue weighted by Gasteiger charge is 2.36. The number of nitriles is 1. The topological polar surface area (TPSA) is 41.2 Å². The van der Waals surface area contributed by atoms with Crippen molar-refractivity contribution in [1.82, 2.24) is 0 Å². The van der Waals surface area contributed by atoms with Gasteiger partial charge in [0.2, 0.25) is 0 Å². The van der Waals surface area contributed by atoms with Crippen molar-refractivity contribution < 1.29 is 4.98 Å². The van der Waals surface area contributed by atoms with Gasteiger partial charge in [0.15, 0.2) is 0 Å². The number of rotatable bonds is 2. The number of aromatic nitrogens is 1. The summed E-state index contributed by atoms with van der Waals surface area (Å²) in [5, 5.41) is 9.90. The molecule has 0 spiro atoms. The van der Waals surface area contributed by atoms with Crippen molar-refractivity contribution in [3.8, 4) is 6.07 Å². The molecule has 1 saturated heterocycles. The largest absolute Gasteiger partial charge is 0.293 e. The number of nitrogens with one attached hydrogen (secondary N) is 1. The third-order valence-electron chi connectivity index (χ3n) is 5.05. The minimum absolute atomic E-state index is 0.216. The normalized spacial score (nSPS) is 20.3. The Hall–Kier alpha value is -1.21. The SMILES string of the molecule is CC(C)c1[nH+]c(N2CCCCC2)c(C#N)c2c1CSC(C)(C)C2. The predicted octanol–water partition coefficient (Wildman–Crippen LogP) is 4.05. The minimum atomic E-state index is 0.216. The molecule has 1 aromatic heterocycles. The molecule has 0 atom stereocenters. The zero-order chi connectivity index (χ0) is 16.6. The van der Waals surface area contributed by atoms with E-state index in [1.807, 2.05) is 11.8 Å². The molecular formula is C19H28N3S+. The molecule has 124 valence electrons. The van der Waals surface area contributed by atoms with E-state index in [-0.39, 0.29) is 4.75 Å². The van der Waals surface area contributed by atoms with Gasteiger partial charge in [-0.25, -0.2) is 4.98 Å². The fourth-order valence-electron chi connectivity index (χ4n) is 3.79.